The van der Waals surface area contributed by atoms with Gasteiger partial charge >= 0.3 is 5.97 Å². The van der Waals surface area contributed by atoms with E-state index in [1.807, 2.05) is 32.1 Å². The van der Waals surface area contributed by atoms with E-state index in [0.717, 1.165) is 19.3 Å². The van der Waals surface area contributed by atoms with Gasteiger partial charge in [-0.05, 0) is 62.9 Å². The van der Waals surface area contributed by atoms with Gasteiger partial charge in [-0.3, -0.25) is 4.79 Å². The Bertz CT molecular complexity index is 1280. The average molecular weight is 763 g/mol. The summed E-state index contributed by atoms with van der Waals surface area (Å²) in [6.07, 6.45) is 11.9. The molecule has 16 atom stereocenters. The molecule has 0 aromatic heterocycles. The van der Waals surface area contributed by atoms with E-state index in [1.165, 1.54) is 25.5 Å². The van der Waals surface area contributed by atoms with Crippen LogP contribution in [-0.4, -0.2) is 99.0 Å². The van der Waals surface area contributed by atoms with Gasteiger partial charge < -0.3 is 44.5 Å². The Kier molecular flexibility index (Phi) is 18.6. The zero-order chi connectivity index (χ0) is 40.2. The number of Topliss-reactive ketones (excluding diaryl/α,β-unsaturated/α-hetero) is 1. The van der Waals surface area contributed by atoms with E-state index in [-0.39, 0.29) is 54.5 Å². The molecular formula is C43H70O11. The van der Waals surface area contributed by atoms with E-state index in [9.17, 15) is 35.1 Å². The van der Waals surface area contributed by atoms with Crippen LogP contribution in [0.1, 0.15) is 106 Å². The van der Waals surface area contributed by atoms with Crippen molar-refractivity contribution in [3.05, 3.63) is 48.8 Å². The third-order valence-corrected chi connectivity index (χ3v) is 11.9. The molecule has 0 amide bonds. The van der Waals surface area contributed by atoms with E-state index in [2.05, 4.69) is 19.9 Å². The number of ether oxygens (including phenoxy) is 4. The highest BCUT2D eigenvalue weighted by Crippen LogP contribution is 2.47. The number of esters is 1. The molecule has 0 aromatic rings. The van der Waals surface area contributed by atoms with Crippen LogP contribution >= 0.6 is 0 Å². The summed E-state index contributed by atoms with van der Waals surface area (Å²) in [5.41, 5.74) is 0. The maximum absolute atomic E-state index is 13.3. The zero-order valence-corrected chi connectivity index (χ0v) is 33.8. The summed E-state index contributed by atoms with van der Waals surface area (Å²) in [5, 5.41) is 54.3. The van der Waals surface area contributed by atoms with E-state index in [4.69, 9.17) is 18.9 Å². The molecule has 11 nitrogen and oxygen atoms in total. The number of fused-ring (bicyclic) bond motifs is 2. The number of allylic oxidation sites excluding steroid dienone is 4. The van der Waals surface area contributed by atoms with Crippen molar-refractivity contribution in [3.8, 4) is 0 Å². The Labute approximate surface area is 323 Å². The molecule has 0 saturated carbocycles. The van der Waals surface area contributed by atoms with Gasteiger partial charge in [-0.15, -0.1) is 0 Å². The van der Waals surface area contributed by atoms with Crippen LogP contribution < -0.4 is 0 Å². The zero-order valence-electron chi connectivity index (χ0n) is 33.8. The van der Waals surface area contributed by atoms with Crippen molar-refractivity contribution in [1.82, 2.24) is 0 Å². The lowest BCUT2D eigenvalue weighted by Gasteiger charge is -2.53. The number of carbonyl (C=O) groups is 2. The lowest BCUT2D eigenvalue weighted by Crippen LogP contribution is -2.59. The Morgan fingerprint density at radius 2 is 1.65 bits per heavy atom. The summed E-state index contributed by atoms with van der Waals surface area (Å²) in [6.45, 7) is 13.3. The smallest absolute Gasteiger partial charge is 0.330 e. The van der Waals surface area contributed by atoms with E-state index >= 15 is 0 Å². The van der Waals surface area contributed by atoms with Gasteiger partial charge in [0, 0.05) is 49.5 Å². The van der Waals surface area contributed by atoms with Crippen LogP contribution in [0.25, 0.3) is 0 Å². The van der Waals surface area contributed by atoms with Crippen LogP contribution in [-0.2, 0) is 28.5 Å². The standard InChI is InChI=1S/C43H70O11/c1-26-12-10-9-11-13-28(3)42(50)35(19-21-51-8)37(47)24-33(45)23-36(46)31(6)41(49)29(4)15-17-40(48)52-39-25-34(16-14-26)53-43(32(39)7)20-18-27(2)38(54-43)22-30(5)44/h9-12,15,17,19,21,26-36,38-39,41-42,44-46,49-50H,13-14,16,18,20,22-25H2,1-8H3/b11-9+,12-10+,17-15+,21-19+. The Morgan fingerprint density at radius 1 is 0.926 bits per heavy atom. The summed E-state index contributed by atoms with van der Waals surface area (Å²) in [6, 6.07) is 0. The van der Waals surface area contributed by atoms with Crippen molar-refractivity contribution in [2.75, 3.05) is 7.11 Å². The van der Waals surface area contributed by atoms with E-state index in [1.54, 1.807) is 26.8 Å². The molecule has 3 rings (SSSR count). The van der Waals surface area contributed by atoms with Crippen molar-refractivity contribution < 1.29 is 54.1 Å². The maximum atomic E-state index is 13.3. The van der Waals surface area contributed by atoms with Gasteiger partial charge in [0.25, 0.3) is 0 Å². The highest BCUT2D eigenvalue weighted by molar-refractivity contribution is 5.83. The van der Waals surface area contributed by atoms with Crippen LogP contribution in [0.5, 0.6) is 0 Å². The molecule has 0 aromatic carbocycles. The normalized spacial score (nSPS) is 43.9. The second-order valence-electron chi connectivity index (χ2n) is 16.7. The first-order chi connectivity index (χ1) is 25.5. The van der Waals surface area contributed by atoms with Crippen LogP contribution in [0.3, 0.4) is 0 Å². The molecular weight excluding hydrogens is 692 g/mol. The Balaban J connectivity index is 1.88. The van der Waals surface area contributed by atoms with Gasteiger partial charge in [-0.25, -0.2) is 4.79 Å². The minimum atomic E-state index is -1.21. The number of hydrogen-bond donors (Lipinski definition) is 5. The second-order valence-corrected chi connectivity index (χ2v) is 16.7. The predicted octanol–water partition coefficient (Wildman–Crippen LogP) is 5.57. The van der Waals surface area contributed by atoms with Crippen LogP contribution in [0, 0.1) is 41.4 Å². The molecule has 16 unspecified atom stereocenters. The molecule has 2 bridgehead atoms. The molecule has 1 spiro atoms. The van der Waals surface area contributed by atoms with Crippen LogP contribution in [0.15, 0.2) is 48.8 Å². The molecule has 3 aliphatic heterocycles. The minimum Gasteiger partial charge on any atom is -0.505 e. The quantitative estimate of drug-likeness (QED) is 0.179. The number of ketones is 1. The van der Waals surface area contributed by atoms with Crippen molar-refractivity contribution in [3.63, 3.8) is 0 Å². The topological polar surface area (TPSA) is 172 Å². The SMILES string of the molecule is CO/C=C/C1C(=O)CC(O)CC(O)C(C)C(O)C(C)/C=C/C(=O)OC2CC(CCC(C)/C=C/C=C/CC(C)C1O)OC1(CCC(C)C(CC(C)O)O1)C2C. The highest BCUT2D eigenvalue weighted by Gasteiger charge is 2.53. The molecule has 0 aliphatic carbocycles. The number of aliphatic hydroxyl groups is 5. The van der Waals surface area contributed by atoms with Crippen molar-refractivity contribution >= 4 is 11.8 Å². The largest absolute Gasteiger partial charge is 0.505 e. The molecule has 11 heteroatoms. The van der Waals surface area contributed by atoms with Gasteiger partial charge in [-0.2, -0.15) is 0 Å². The van der Waals surface area contributed by atoms with Gasteiger partial charge in [0.2, 0.25) is 0 Å². The number of aliphatic hydroxyl groups excluding tert-OH is 5. The second kappa shape index (κ2) is 21.8. The van der Waals surface area contributed by atoms with E-state index < -0.39 is 66.1 Å². The lowest BCUT2D eigenvalue weighted by molar-refractivity contribution is -0.360. The third kappa shape index (κ3) is 13.4. The summed E-state index contributed by atoms with van der Waals surface area (Å²) in [7, 11) is 1.45. The summed E-state index contributed by atoms with van der Waals surface area (Å²) in [5.74, 6) is -4.14. The number of methoxy groups -OCH3 is 1. The summed E-state index contributed by atoms with van der Waals surface area (Å²) >= 11 is 0. The minimum absolute atomic E-state index is 0.161. The fourth-order valence-electron chi connectivity index (χ4n) is 8.02. The third-order valence-electron chi connectivity index (χ3n) is 11.9. The van der Waals surface area contributed by atoms with Gasteiger partial charge in [-0.1, -0.05) is 71.9 Å². The molecule has 2 saturated heterocycles. The van der Waals surface area contributed by atoms with E-state index in [0.29, 0.717) is 25.7 Å². The van der Waals surface area contributed by atoms with Crippen molar-refractivity contribution in [2.24, 2.45) is 41.4 Å². The fraction of sp³-hybridized carbons (Fsp3) is 0.767. The average Bonchev–Trinajstić information content (AvgIpc) is 3.11. The molecule has 5 N–H and O–H groups in total. The fourth-order valence-corrected chi connectivity index (χ4v) is 8.02. The highest BCUT2D eigenvalue weighted by atomic mass is 16.7. The van der Waals surface area contributed by atoms with Crippen molar-refractivity contribution in [1.29, 1.82) is 0 Å². The first kappa shape index (κ1) is 46.0. The van der Waals surface area contributed by atoms with Crippen LogP contribution in [0.4, 0.5) is 0 Å². The number of carbonyl (C=O) groups excluding carboxylic acids is 2. The molecule has 3 aliphatic rings. The van der Waals surface area contributed by atoms with Gasteiger partial charge in [0.15, 0.2) is 5.79 Å². The predicted molar refractivity (Wildman–Crippen MR) is 207 cm³/mol. The molecule has 2 fully saturated rings. The Morgan fingerprint density at radius 3 is 2.33 bits per heavy atom. The van der Waals surface area contributed by atoms with Gasteiger partial charge in [0.05, 0.1) is 62.0 Å². The summed E-state index contributed by atoms with van der Waals surface area (Å²) < 4.78 is 24.7. The maximum Gasteiger partial charge on any atom is 0.330 e. The molecule has 0 radical (unpaired) electrons. The van der Waals surface area contributed by atoms with Crippen molar-refractivity contribution in [2.45, 2.75) is 161 Å². The number of rotatable bonds is 4. The molecule has 308 valence electrons. The molecule has 3 heterocycles. The van der Waals surface area contributed by atoms with Gasteiger partial charge in [0.1, 0.15) is 11.9 Å². The number of hydrogen-bond acceptors (Lipinski definition) is 11. The van der Waals surface area contributed by atoms with Crippen LogP contribution in [0.2, 0.25) is 0 Å². The Hall–Kier alpha value is -2.38. The summed E-state index contributed by atoms with van der Waals surface area (Å²) in [4.78, 5) is 26.6. The first-order valence-corrected chi connectivity index (χ1v) is 20.2. The lowest BCUT2D eigenvalue weighted by atomic mass is 9.78. The monoisotopic (exact) mass is 762 g/mol. The molecule has 54 heavy (non-hydrogen) atoms. The first-order valence-electron chi connectivity index (χ1n) is 20.2.